The molecule has 1 atom stereocenters. The van der Waals surface area contributed by atoms with Crippen molar-refractivity contribution in [1.29, 1.82) is 0 Å². The number of urea groups is 1. The Balaban J connectivity index is 2.32. The minimum atomic E-state index is -0.582. The Morgan fingerprint density at radius 1 is 1.00 bits per heavy atom. The zero-order valence-corrected chi connectivity index (χ0v) is 15.8. The highest BCUT2D eigenvalue weighted by atomic mass is 35.5. The third-order valence-corrected chi connectivity index (χ3v) is 3.78. The van der Waals surface area contributed by atoms with Crippen LogP contribution in [0.15, 0.2) is 30.3 Å². The van der Waals surface area contributed by atoms with E-state index in [4.69, 9.17) is 11.6 Å². The molecule has 7 nitrogen and oxygen atoms in total. The summed E-state index contributed by atoms with van der Waals surface area (Å²) in [6.45, 7) is 2.71. The summed E-state index contributed by atoms with van der Waals surface area (Å²) in [5, 5.41) is 10.8. The maximum atomic E-state index is 12.3. The van der Waals surface area contributed by atoms with Crippen molar-refractivity contribution < 1.29 is 14.4 Å². The fourth-order valence-electron chi connectivity index (χ4n) is 2.32. The van der Waals surface area contributed by atoms with Gasteiger partial charge in [0.2, 0.25) is 11.8 Å². The minimum absolute atomic E-state index is 0.211. The second-order valence-corrected chi connectivity index (χ2v) is 6.20. The number of nitrogens with one attached hydrogen (secondary N) is 4. The lowest BCUT2D eigenvalue weighted by molar-refractivity contribution is -0.128. The fourth-order valence-corrected chi connectivity index (χ4v) is 2.42. The molecule has 8 heteroatoms. The number of rotatable bonds is 11. The Labute approximate surface area is 159 Å². The molecule has 0 saturated heterocycles. The predicted octanol–water partition coefficient (Wildman–Crippen LogP) is 1.52. The van der Waals surface area contributed by atoms with Crippen molar-refractivity contribution in [1.82, 2.24) is 21.3 Å². The molecule has 144 valence electrons. The SMILES string of the molecule is CC(=O)N[C@@H](CCCCNC(=O)NCCCl)C(=O)NCc1ccccc1. The molecule has 1 aromatic carbocycles. The monoisotopic (exact) mass is 382 g/mol. The van der Waals surface area contributed by atoms with Crippen LogP contribution in [0.3, 0.4) is 0 Å². The molecule has 26 heavy (non-hydrogen) atoms. The van der Waals surface area contributed by atoms with Gasteiger partial charge in [0.1, 0.15) is 6.04 Å². The van der Waals surface area contributed by atoms with E-state index in [1.165, 1.54) is 6.92 Å². The van der Waals surface area contributed by atoms with E-state index in [0.29, 0.717) is 44.8 Å². The number of hydrogen-bond donors (Lipinski definition) is 4. The summed E-state index contributed by atoms with van der Waals surface area (Å²) in [4.78, 5) is 35.0. The van der Waals surface area contributed by atoms with Gasteiger partial charge in [-0.2, -0.15) is 0 Å². The third-order valence-electron chi connectivity index (χ3n) is 3.59. The number of unbranched alkanes of at least 4 members (excludes halogenated alkanes) is 1. The molecular weight excluding hydrogens is 356 g/mol. The summed E-state index contributed by atoms with van der Waals surface area (Å²) in [6, 6.07) is 8.73. The molecule has 0 saturated carbocycles. The molecule has 0 radical (unpaired) electrons. The van der Waals surface area contributed by atoms with Crippen molar-refractivity contribution in [3.63, 3.8) is 0 Å². The molecule has 0 aliphatic heterocycles. The Kier molecular flexibility index (Phi) is 10.9. The smallest absolute Gasteiger partial charge is 0.314 e. The van der Waals surface area contributed by atoms with E-state index in [-0.39, 0.29) is 17.8 Å². The zero-order valence-electron chi connectivity index (χ0n) is 15.0. The van der Waals surface area contributed by atoms with E-state index in [1.807, 2.05) is 30.3 Å². The Hall–Kier alpha value is -2.28. The highest BCUT2D eigenvalue weighted by Gasteiger charge is 2.18. The van der Waals surface area contributed by atoms with Crippen molar-refractivity contribution in [3.05, 3.63) is 35.9 Å². The van der Waals surface area contributed by atoms with E-state index in [2.05, 4.69) is 21.3 Å². The lowest BCUT2D eigenvalue weighted by Gasteiger charge is -2.17. The minimum Gasteiger partial charge on any atom is -0.350 e. The molecule has 0 aliphatic carbocycles. The molecule has 1 aromatic rings. The maximum Gasteiger partial charge on any atom is 0.314 e. The fraction of sp³-hybridized carbons (Fsp3) is 0.500. The van der Waals surface area contributed by atoms with Crippen molar-refractivity contribution in [2.45, 2.75) is 38.8 Å². The van der Waals surface area contributed by atoms with Gasteiger partial charge in [-0.25, -0.2) is 4.79 Å². The molecule has 0 fully saturated rings. The number of hydrogen-bond acceptors (Lipinski definition) is 3. The summed E-state index contributed by atoms with van der Waals surface area (Å²) < 4.78 is 0. The molecule has 0 heterocycles. The number of amides is 4. The standard InChI is InChI=1S/C18H27ClN4O3/c1-14(24)23-16(9-5-6-11-20-18(26)21-12-10-19)17(25)22-13-15-7-3-2-4-8-15/h2-4,7-8,16H,5-6,9-13H2,1H3,(H,22,25)(H,23,24)(H2,20,21,26)/t16-/m0/s1. The molecule has 1 rings (SSSR count). The molecular formula is C18H27ClN4O3. The van der Waals surface area contributed by atoms with Crippen LogP contribution in [0.4, 0.5) is 4.79 Å². The van der Waals surface area contributed by atoms with Crippen LogP contribution in [0.2, 0.25) is 0 Å². The van der Waals surface area contributed by atoms with Crippen LogP contribution in [0, 0.1) is 0 Å². The number of benzene rings is 1. The van der Waals surface area contributed by atoms with E-state index in [9.17, 15) is 14.4 Å². The number of carbonyl (C=O) groups excluding carboxylic acids is 3. The first-order chi connectivity index (χ1) is 12.5. The first kappa shape index (κ1) is 21.8. The summed E-state index contributed by atoms with van der Waals surface area (Å²) in [7, 11) is 0. The summed E-state index contributed by atoms with van der Waals surface area (Å²) in [5.41, 5.74) is 0.995. The van der Waals surface area contributed by atoms with Crippen molar-refractivity contribution in [2.24, 2.45) is 0 Å². The second-order valence-electron chi connectivity index (χ2n) is 5.82. The van der Waals surface area contributed by atoms with Crippen LogP contribution in [0.1, 0.15) is 31.7 Å². The second kappa shape index (κ2) is 13.0. The first-order valence-electron chi connectivity index (χ1n) is 8.69. The van der Waals surface area contributed by atoms with Crippen molar-refractivity contribution in [2.75, 3.05) is 19.0 Å². The molecule has 0 aliphatic rings. The molecule has 0 spiro atoms. The quantitative estimate of drug-likeness (QED) is 0.345. The Bertz CT molecular complexity index is 569. The Morgan fingerprint density at radius 2 is 1.69 bits per heavy atom. The zero-order chi connectivity index (χ0) is 19.2. The summed E-state index contributed by atoms with van der Waals surface area (Å²) >= 11 is 5.49. The maximum absolute atomic E-state index is 12.3. The third kappa shape index (κ3) is 9.88. The molecule has 4 amide bonds. The first-order valence-corrected chi connectivity index (χ1v) is 9.22. The van der Waals surface area contributed by atoms with Gasteiger partial charge < -0.3 is 21.3 Å². The highest BCUT2D eigenvalue weighted by Crippen LogP contribution is 2.03. The van der Waals surface area contributed by atoms with Crippen LogP contribution in [-0.2, 0) is 16.1 Å². The van der Waals surface area contributed by atoms with Gasteiger partial charge in [-0.3, -0.25) is 9.59 Å². The van der Waals surface area contributed by atoms with Crippen LogP contribution < -0.4 is 21.3 Å². The van der Waals surface area contributed by atoms with Crippen molar-refractivity contribution in [3.8, 4) is 0 Å². The summed E-state index contributed by atoms with van der Waals surface area (Å²) in [6.07, 6.45) is 1.90. The average Bonchev–Trinajstić information content (AvgIpc) is 2.63. The average molecular weight is 383 g/mol. The van der Waals surface area contributed by atoms with Gasteiger partial charge in [-0.15, -0.1) is 11.6 Å². The number of carbonyl (C=O) groups is 3. The molecule has 0 aromatic heterocycles. The van der Waals surface area contributed by atoms with Gasteiger partial charge in [0.15, 0.2) is 0 Å². The van der Waals surface area contributed by atoms with E-state index in [1.54, 1.807) is 0 Å². The van der Waals surface area contributed by atoms with Gasteiger partial charge in [-0.1, -0.05) is 30.3 Å². The van der Waals surface area contributed by atoms with E-state index in [0.717, 1.165) is 5.56 Å². The van der Waals surface area contributed by atoms with Crippen molar-refractivity contribution >= 4 is 29.4 Å². The van der Waals surface area contributed by atoms with E-state index >= 15 is 0 Å². The van der Waals surface area contributed by atoms with Crippen LogP contribution >= 0.6 is 11.6 Å². The molecule has 0 unspecified atom stereocenters. The van der Waals surface area contributed by atoms with Crippen LogP contribution in [0.25, 0.3) is 0 Å². The van der Waals surface area contributed by atoms with E-state index < -0.39 is 6.04 Å². The lowest BCUT2D eigenvalue weighted by Crippen LogP contribution is -2.45. The van der Waals surface area contributed by atoms with Gasteiger partial charge in [0, 0.05) is 32.4 Å². The molecule has 4 N–H and O–H groups in total. The topological polar surface area (TPSA) is 99.3 Å². The normalized spacial score (nSPS) is 11.3. The molecule has 0 bridgehead atoms. The largest absolute Gasteiger partial charge is 0.350 e. The lowest BCUT2D eigenvalue weighted by atomic mass is 10.1. The van der Waals surface area contributed by atoms with Gasteiger partial charge in [0.25, 0.3) is 0 Å². The van der Waals surface area contributed by atoms with Crippen LogP contribution in [0.5, 0.6) is 0 Å². The number of halogens is 1. The van der Waals surface area contributed by atoms with Gasteiger partial charge >= 0.3 is 6.03 Å². The number of alkyl halides is 1. The predicted molar refractivity (Wildman–Crippen MR) is 102 cm³/mol. The van der Waals surface area contributed by atoms with Gasteiger partial charge in [0.05, 0.1) is 0 Å². The Morgan fingerprint density at radius 3 is 2.35 bits per heavy atom. The van der Waals surface area contributed by atoms with Gasteiger partial charge in [-0.05, 0) is 24.8 Å². The van der Waals surface area contributed by atoms with Crippen LogP contribution in [-0.4, -0.2) is 42.9 Å². The highest BCUT2D eigenvalue weighted by molar-refractivity contribution is 6.18. The summed E-state index contributed by atoms with van der Waals surface area (Å²) in [5.74, 6) is -0.0931.